The molecular weight excluding hydrogens is 176 g/mol. The summed E-state index contributed by atoms with van der Waals surface area (Å²) >= 11 is 0. The molecule has 0 saturated heterocycles. The minimum Gasteiger partial charge on any atom is -0.508 e. The van der Waals surface area contributed by atoms with Gasteiger partial charge in [-0.1, -0.05) is 13.8 Å². The lowest BCUT2D eigenvalue weighted by molar-refractivity contribution is 0.198. The lowest BCUT2D eigenvalue weighted by Crippen LogP contribution is -1.98. The van der Waals surface area contributed by atoms with E-state index in [1.165, 1.54) is 0 Å². The third-order valence-electron chi connectivity index (χ3n) is 2.49. The zero-order valence-electron chi connectivity index (χ0n) is 9.20. The van der Waals surface area contributed by atoms with Crippen molar-refractivity contribution in [3.8, 4) is 5.75 Å². The third-order valence-corrected chi connectivity index (χ3v) is 2.49. The number of phenolic OH excluding ortho intramolecular Hbond substituents is 1. The van der Waals surface area contributed by atoms with Crippen molar-refractivity contribution in [2.24, 2.45) is 0 Å². The maximum atomic E-state index is 9.69. The molecule has 1 atom stereocenters. The van der Waals surface area contributed by atoms with Gasteiger partial charge in [0.1, 0.15) is 5.75 Å². The van der Waals surface area contributed by atoms with Crippen LogP contribution in [0, 0.1) is 6.92 Å². The molecule has 1 aromatic rings. The highest BCUT2D eigenvalue weighted by atomic mass is 16.3. The van der Waals surface area contributed by atoms with Gasteiger partial charge in [0.2, 0.25) is 0 Å². The predicted octanol–water partition coefficient (Wildman–Crippen LogP) is 2.88. The average Bonchev–Trinajstić information content (AvgIpc) is 2.02. The highest BCUT2D eigenvalue weighted by molar-refractivity contribution is 5.43. The van der Waals surface area contributed by atoms with Gasteiger partial charge in [0.05, 0.1) is 6.10 Å². The lowest BCUT2D eigenvalue weighted by Gasteiger charge is -2.15. The SMILES string of the molecule is Cc1cc(O)c(C(C)C)cc1C(C)O. The average molecular weight is 194 g/mol. The van der Waals surface area contributed by atoms with Crippen LogP contribution in [0.5, 0.6) is 5.75 Å². The van der Waals surface area contributed by atoms with Crippen molar-refractivity contribution in [1.82, 2.24) is 0 Å². The van der Waals surface area contributed by atoms with Crippen LogP contribution in [0.25, 0.3) is 0 Å². The van der Waals surface area contributed by atoms with Gasteiger partial charge in [0.25, 0.3) is 0 Å². The number of rotatable bonds is 2. The fourth-order valence-electron chi connectivity index (χ4n) is 1.64. The standard InChI is InChI=1S/C12H18O2/c1-7(2)10-6-11(9(4)13)8(3)5-12(10)14/h5-7,9,13-14H,1-4H3. The highest BCUT2D eigenvalue weighted by Gasteiger charge is 2.12. The summed E-state index contributed by atoms with van der Waals surface area (Å²) in [7, 11) is 0. The summed E-state index contributed by atoms with van der Waals surface area (Å²) in [4.78, 5) is 0. The summed E-state index contributed by atoms with van der Waals surface area (Å²) in [5.41, 5.74) is 2.72. The Bertz CT molecular complexity index is 298. The van der Waals surface area contributed by atoms with Crippen LogP contribution in [0.4, 0.5) is 0 Å². The van der Waals surface area contributed by atoms with E-state index in [-0.39, 0.29) is 5.92 Å². The molecule has 0 bridgehead atoms. The van der Waals surface area contributed by atoms with E-state index in [1.807, 2.05) is 26.8 Å². The molecule has 0 aliphatic carbocycles. The minimum absolute atomic E-state index is 0.271. The quantitative estimate of drug-likeness (QED) is 0.760. The third kappa shape index (κ3) is 2.07. The first kappa shape index (κ1) is 11.1. The van der Waals surface area contributed by atoms with Gasteiger partial charge in [0.15, 0.2) is 0 Å². The molecule has 1 aromatic carbocycles. The number of hydrogen-bond donors (Lipinski definition) is 2. The van der Waals surface area contributed by atoms with Gasteiger partial charge in [-0.25, -0.2) is 0 Å². The predicted molar refractivity (Wildman–Crippen MR) is 57.6 cm³/mol. The summed E-state index contributed by atoms with van der Waals surface area (Å²) in [5, 5.41) is 19.2. The van der Waals surface area contributed by atoms with Crippen LogP contribution in [0.3, 0.4) is 0 Å². The first-order chi connectivity index (χ1) is 6.43. The fourth-order valence-corrected chi connectivity index (χ4v) is 1.64. The molecule has 1 unspecified atom stereocenters. The Morgan fingerprint density at radius 2 is 1.64 bits per heavy atom. The molecule has 0 saturated carbocycles. The van der Waals surface area contributed by atoms with Gasteiger partial charge in [-0.15, -0.1) is 0 Å². The van der Waals surface area contributed by atoms with Gasteiger partial charge in [-0.3, -0.25) is 0 Å². The Kier molecular flexibility index (Phi) is 3.17. The van der Waals surface area contributed by atoms with Crippen LogP contribution in [0.1, 0.15) is 49.5 Å². The van der Waals surface area contributed by atoms with Crippen LogP contribution < -0.4 is 0 Å². The maximum Gasteiger partial charge on any atom is 0.119 e. The molecule has 0 radical (unpaired) electrons. The van der Waals surface area contributed by atoms with Crippen LogP contribution in [0.2, 0.25) is 0 Å². The Balaban J connectivity index is 3.27. The van der Waals surface area contributed by atoms with E-state index in [9.17, 15) is 10.2 Å². The fraction of sp³-hybridized carbons (Fsp3) is 0.500. The van der Waals surface area contributed by atoms with Crippen LogP contribution in [-0.4, -0.2) is 10.2 Å². The summed E-state index contributed by atoms with van der Waals surface area (Å²) in [6.45, 7) is 7.68. The number of aliphatic hydroxyl groups is 1. The number of aliphatic hydroxyl groups excluding tert-OH is 1. The van der Waals surface area contributed by atoms with Gasteiger partial charge < -0.3 is 10.2 Å². The minimum atomic E-state index is -0.479. The Labute approximate surface area is 85.2 Å². The van der Waals surface area contributed by atoms with Crippen molar-refractivity contribution in [1.29, 1.82) is 0 Å². The van der Waals surface area contributed by atoms with Crippen molar-refractivity contribution >= 4 is 0 Å². The van der Waals surface area contributed by atoms with Gasteiger partial charge in [0, 0.05) is 0 Å². The van der Waals surface area contributed by atoms with E-state index >= 15 is 0 Å². The Hall–Kier alpha value is -1.02. The van der Waals surface area contributed by atoms with Crippen LogP contribution in [0.15, 0.2) is 12.1 Å². The van der Waals surface area contributed by atoms with E-state index in [1.54, 1.807) is 13.0 Å². The Morgan fingerprint density at radius 3 is 2.07 bits per heavy atom. The molecule has 1 rings (SSSR count). The molecule has 2 nitrogen and oxygen atoms in total. The van der Waals surface area contributed by atoms with E-state index < -0.39 is 6.10 Å². The normalized spacial score (nSPS) is 13.3. The van der Waals surface area contributed by atoms with Crippen molar-refractivity contribution < 1.29 is 10.2 Å². The topological polar surface area (TPSA) is 40.5 Å². The maximum absolute atomic E-state index is 9.69. The summed E-state index contributed by atoms with van der Waals surface area (Å²) in [6.07, 6.45) is -0.479. The monoisotopic (exact) mass is 194 g/mol. The first-order valence-corrected chi connectivity index (χ1v) is 4.95. The van der Waals surface area contributed by atoms with E-state index in [0.717, 1.165) is 16.7 Å². The number of aromatic hydroxyl groups is 1. The zero-order valence-corrected chi connectivity index (χ0v) is 9.20. The van der Waals surface area contributed by atoms with E-state index in [4.69, 9.17) is 0 Å². The smallest absolute Gasteiger partial charge is 0.119 e. The number of hydrogen-bond acceptors (Lipinski definition) is 2. The van der Waals surface area contributed by atoms with Crippen LogP contribution >= 0.6 is 0 Å². The molecule has 2 heteroatoms. The molecule has 2 N–H and O–H groups in total. The molecule has 0 fully saturated rings. The van der Waals surface area contributed by atoms with Crippen LogP contribution in [-0.2, 0) is 0 Å². The van der Waals surface area contributed by atoms with Gasteiger partial charge in [-0.05, 0) is 48.6 Å². The molecule has 0 aliphatic rings. The number of benzene rings is 1. The largest absolute Gasteiger partial charge is 0.508 e. The van der Waals surface area contributed by atoms with E-state index in [0.29, 0.717) is 5.75 Å². The van der Waals surface area contributed by atoms with Crippen molar-refractivity contribution in [3.05, 3.63) is 28.8 Å². The lowest BCUT2D eigenvalue weighted by atomic mass is 9.94. The molecular formula is C12H18O2. The second kappa shape index (κ2) is 4.01. The molecule has 14 heavy (non-hydrogen) atoms. The molecule has 0 aromatic heterocycles. The van der Waals surface area contributed by atoms with Crippen molar-refractivity contribution in [2.75, 3.05) is 0 Å². The highest BCUT2D eigenvalue weighted by Crippen LogP contribution is 2.30. The second-order valence-electron chi connectivity index (χ2n) is 4.10. The number of phenols is 1. The van der Waals surface area contributed by atoms with E-state index in [2.05, 4.69) is 0 Å². The Morgan fingerprint density at radius 1 is 1.07 bits per heavy atom. The second-order valence-corrected chi connectivity index (χ2v) is 4.10. The molecule has 0 amide bonds. The first-order valence-electron chi connectivity index (χ1n) is 4.95. The number of aryl methyl sites for hydroxylation is 1. The zero-order chi connectivity index (χ0) is 10.9. The molecule has 0 spiro atoms. The molecule has 0 aliphatic heterocycles. The summed E-state index contributed by atoms with van der Waals surface area (Å²) in [5.74, 6) is 0.593. The summed E-state index contributed by atoms with van der Waals surface area (Å²) in [6, 6.07) is 3.61. The van der Waals surface area contributed by atoms with Crippen molar-refractivity contribution in [2.45, 2.75) is 39.7 Å². The van der Waals surface area contributed by atoms with Crippen molar-refractivity contribution in [3.63, 3.8) is 0 Å². The molecule has 0 heterocycles. The summed E-state index contributed by atoms with van der Waals surface area (Å²) < 4.78 is 0. The van der Waals surface area contributed by atoms with Gasteiger partial charge >= 0.3 is 0 Å². The van der Waals surface area contributed by atoms with Gasteiger partial charge in [-0.2, -0.15) is 0 Å². The molecule has 78 valence electrons.